The predicted molar refractivity (Wildman–Crippen MR) is 59.3 cm³/mol. The summed E-state index contributed by atoms with van der Waals surface area (Å²) in [5.74, 6) is 0. The van der Waals surface area contributed by atoms with Crippen LogP contribution in [0.4, 0.5) is 5.69 Å². The summed E-state index contributed by atoms with van der Waals surface area (Å²) in [4.78, 5) is 4.00. The van der Waals surface area contributed by atoms with Gasteiger partial charge >= 0.3 is 0 Å². The zero-order chi connectivity index (χ0) is 9.86. The molecule has 0 aromatic carbocycles. The summed E-state index contributed by atoms with van der Waals surface area (Å²) in [5, 5.41) is 3.49. The van der Waals surface area contributed by atoms with Crippen LogP contribution in [0.1, 0.15) is 32.6 Å². The maximum atomic E-state index is 4.00. The number of rotatable bonds is 5. The van der Waals surface area contributed by atoms with Crippen LogP contribution in [0.3, 0.4) is 0 Å². The Morgan fingerprint density at radius 1 is 1.36 bits per heavy atom. The third kappa shape index (κ3) is 2.25. The van der Waals surface area contributed by atoms with Crippen molar-refractivity contribution in [1.29, 1.82) is 0 Å². The summed E-state index contributed by atoms with van der Waals surface area (Å²) in [6.45, 7) is 3.40. The highest BCUT2D eigenvalue weighted by atomic mass is 14.9. The number of pyridine rings is 1. The monoisotopic (exact) mass is 190 g/mol. The van der Waals surface area contributed by atoms with Crippen molar-refractivity contribution in [1.82, 2.24) is 4.98 Å². The average molecular weight is 190 g/mol. The molecule has 2 rings (SSSR count). The van der Waals surface area contributed by atoms with Crippen LogP contribution in [-0.4, -0.2) is 11.5 Å². The molecule has 1 aromatic rings. The highest BCUT2D eigenvalue weighted by Gasteiger charge is 2.40. The Morgan fingerprint density at radius 3 is 2.64 bits per heavy atom. The fourth-order valence-corrected chi connectivity index (χ4v) is 1.98. The second kappa shape index (κ2) is 3.99. The van der Waals surface area contributed by atoms with Crippen molar-refractivity contribution in [2.75, 3.05) is 11.9 Å². The number of nitrogens with one attached hydrogen (secondary N) is 1. The molecule has 0 atom stereocenters. The molecule has 1 N–H and O–H groups in total. The molecule has 0 aliphatic heterocycles. The Balaban J connectivity index is 1.83. The molecule has 1 fully saturated rings. The second-order valence-corrected chi connectivity index (χ2v) is 4.34. The van der Waals surface area contributed by atoms with E-state index in [2.05, 4.69) is 17.2 Å². The molecule has 1 aliphatic carbocycles. The Morgan fingerprint density at radius 2 is 2.07 bits per heavy atom. The van der Waals surface area contributed by atoms with E-state index in [0.717, 1.165) is 6.54 Å². The first kappa shape index (κ1) is 9.50. The lowest BCUT2D eigenvalue weighted by atomic mass is 10.0. The molecule has 1 heterocycles. The van der Waals surface area contributed by atoms with Gasteiger partial charge in [0.15, 0.2) is 0 Å². The first-order chi connectivity index (χ1) is 6.85. The predicted octanol–water partition coefficient (Wildman–Crippen LogP) is 3.07. The van der Waals surface area contributed by atoms with E-state index >= 15 is 0 Å². The normalized spacial score (nSPS) is 17.8. The van der Waals surface area contributed by atoms with Crippen molar-refractivity contribution in [3.63, 3.8) is 0 Å². The van der Waals surface area contributed by atoms with E-state index in [1.807, 2.05) is 24.5 Å². The van der Waals surface area contributed by atoms with Gasteiger partial charge in [-0.3, -0.25) is 4.98 Å². The molecule has 0 amide bonds. The van der Waals surface area contributed by atoms with Gasteiger partial charge in [-0.05, 0) is 36.8 Å². The molecule has 76 valence electrons. The average Bonchev–Trinajstić information content (AvgIpc) is 2.98. The van der Waals surface area contributed by atoms with Gasteiger partial charge in [0, 0.05) is 24.6 Å². The minimum atomic E-state index is 0.623. The van der Waals surface area contributed by atoms with Gasteiger partial charge in [-0.15, -0.1) is 0 Å². The molecule has 0 bridgehead atoms. The Labute approximate surface area is 85.7 Å². The molecular weight excluding hydrogens is 172 g/mol. The molecule has 0 spiro atoms. The first-order valence-corrected chi connectivity index (χ1v) is 5.49. The molecular formula is C12H18N2. The van der Waals surface area contributed by atoms with Gasteiger partial charge in [0.1, 0.15) is 0 Å². The zero-order valence-corrected chi connectivity index (χ0v) is 8.79. The van der Waals surface area contributed by atoms with Crippen LogP contribution in [0.2, 0.25) is 0 Å². The van der Waals surface area contributed by atoms with E-state index in [-0.39, 0.29) is 0 Å². The fourth-order valence-electron chi connectivity index (χ4n) is 1.98. The van der Waals surface area contributed by atoms with Crippen LogP contribution in [0.5, 0.6) is 0 Å². The molecule has 0 unspecified atom stereocenters. The van der Waals surface area contributed by atoms with Gasteiger partial charge in [0.25, 0.3) is 0 Å². The topological polar surface area (TPSA) is 24.9 Å². The van der Waals surface area contributed by atoms with Gasteiger partial charge < -0.3 is 5.32 Å². The summed E-state index contributed by atoms with van der Waals surface area (Å²) in [7, 11) is 0. The van der Waals surface area contributed by atoms with Crippen LogP contribution >= 0.6 is 0 Å². The maximum Gasteiger partial charge on any atom is 0.0371 e. The summed E-state index contributed by atoms with van der Waals surface area (Å²) in [6.07, 6.45) is 9.14. The summed E-state index contributed by atoms with van der Waals surface area (Å²) >= 11 is 0. The second-order valence-electron chi connectivity index (χ2n) is 4.34. The van der Waals surface area contributed by atoms with Crippen molar-refractivity contribution < 1.29 is 0 Å². The third-order valence-electron chi connectivity index (χ3n) is 3.09. The van der Waals surface area contributed by atoms with Gasteiger partial charge in [0.2, 0.25) is 0 Å². The van der Waals surface area contributed by atoms with E-state index < -0.39 is 0 Å². The van der Waals surface area contributed by atoms with Crippen LogP contribution in [0.15, 0.2) is 24.5 Å². The lowest BCUT2D eigenvalue weighted by Crippen LogP contribution is -2.15. The summed E-state index contributed by atoms with van der Waals surface area (Å²) in [6, 6.07) is 4.06. The van der Waals surface area contributed by atoms with Crippen LogP contribution in [-0.2, 0) is 0 Å². The number of hydrogen-bond donors (Lipinski definition) is 1. The van der Waals surface area contributed by atoms with Crippen molar-refractivity contribution in [3.05, 3.63) is 24.5 Å². The van der Waals surface area contributed by atoms with E-state index in [0.29, 0.717) is 5.41 Å². The SMILES string of the molecule is CCCC1(CNc2ccncc2)CC1. The highest BCUT2D eigenvalue weighted by molar-refractivity contribution is 5.41. The zero-order valence-electron chi connectivity index (χ0n) is 8.79. The van der Waals surface area contributed by atoms with Crippen molar-refractivity contribution >= 4 is 5.69 Å². The van der Waals surface area contributed by atoms with Gasteiger partial charge in [-0.1, -0.05) is 13.3 Å². The Hall–Kier alpha value is -1.05. The van der Waals surface area contributed by atoms with E-state index in [4.69, 9.17) is 0 Å². The number of hydrogen-bond acceptors (Lipinski definition) is 2. The molecule has 1 aliphatic rings. The largest absolute Gasteiger partial charge is 0.384 e. The van der Waals surface area contributed by atoms with Crippen molar-refractivity contribution in [2.24, 2.45) is 5.41 Å². The van der Waals surface area contributed by atoms with Gasteiger partial charge in [-0.2, -0.15) is 0 Å². The molecule has 1 saturated carbocycles. The minimum Gasteiger partial charge on any atom is -0.384 e. The summed E-state index contributed by atoms with van der Waals surface area (Å²) in [5.41, 5.74) is 1.82. The smallest absolute Gasteiger partial charge is 0.0371 e. The quantitative estimate of drug-likeness (QED) is 0.771. The van der Waals surface area contributed by atoms with Crippen LogP contribution in [0, 0.1) is 5.41 Å². The van der Waals surface area contributed by atoms with Crippen LogP contribution < -0.4 is 5.32 Å². The third-order valence-corrected chi connectivity index (χ3v) is 3.09. The molecule has 0 saturated heterocycles. The number of anilines is 1. The number of aromatic nitrogens is 1. The lowest BCUT2D eigenvalue weighted by molar-refractivity contribution is 0.486. The Kier molecular flexibility index (Phi) is 2.71. The molecule has 1 aromatic heterocycles. The van der Waals surface area contributed by atoms with Crippen molar-refractivity contribution in [2.45, 2.75) is 32.6 Å². The highest BCUT2D eigenvalue weighted by Crippen LogP contribution is 2.49. The fraction of sp³-hybridized carbons (Fsp3) is 0.583. The van der Waals surface area contributed by atoms with Crippen molar-refractivity contribution in [3.8, 4) is 0 Å². The standard InChI is InChI=1S/C12H18N2/c1-2-5-12(6-7-12)10-14-11-3-8-13-9-4-11/h3-4,8-9H,2,5-7,10H2,1H3,(H,13,14). The van der Waals surface area contributed by atoms with E-state index in [9.17, 15) is 0 Å². The van der Waals surface area contributed by atoms with Gasteiger partial charge in [-0.25, -0.2) is 0 Å². The lowest BCUT2D eigenvalue weighted by Gasteiger charge is -2.15. The number of nitrogens with zero attached hydrogens (tertiary/aromatic N) is 1. The Bertz CT molecular complexity index is 278. The maximum absolute atomic E-state index is 4.00. The van der Waals surface area contributed by atoms with Gasteiger partial charge in [0.05, 0.1) is 0 Å². The van der Waals surface area contributed by atoms with E-state index in [1.165, 1.54) is 31.4 Å². The summed E-state index contributed by atoms with van der Waals surface area (Å²) < 4.78 is 0. The molecule has 2 nitrogen and oxygen atoms in total. The minimum absolute atomic E-state index is 0.623. The van der Waals surface area contributed by atoms with E-state index in [1.54, 1.807) is 0 Å². The first-order valence-electron chi connectivity index (χ1n) is 5.49. The molecule has 14 heavy (non-hydrogen) atoms. The molecule has 2 heteroatoms. The molecule has 0 radical (unpaired) electrons. The van der Waals surface area contributed by atoms with Crippen LogP contribution in [0.25, 0.3) is 0 Å².